The summed E-state index contributed by atoms with van der Waals surface area (Å²) in [5.74, 6) is 1.48. The molecule has 3 heteroatoms. The summed E-state index contributed by atoms with van der Waals surface area (Å²) in [6, 6.07) is 6.15. The van der Waals surface area contributed by atoms with E-state index < -0.39 is 0 Å². The molecule has 2 nitrogen and oxygen atoms in total. The van der Waals surface area contributed by atoms with Crippen LogP contribution in [0.3, 0.4) is 0 Å². The third-order valence-electron chi connectivity index (χ3n) is 2.55. The summed E-state index contributed by atoms with van der Waals surface area (Å²) in [4.78, 5) is 0. The van der Waals surface area contributed by atoms with Crippen molar-refractivity contribution >= 4 is 15.9 Å². The van der Waals surface area contributed by atoms with Crippen LogP contribution in [0.15, 0.2) is 22.7 Å². The Balaban J connectivity index is 2.85. The largest absolute Gasteiger partial charge is 0.496 e. The number of methoxy groups -OCH3 is 1. The van der Waals surface area contributed by atoms with Gasteiger partial charge in [0.1, 0.15) is 5.75 Å². The van der Waals surface area contributed by atoms with Crippen molar-refractivity contribution < 1.29 is 4.74 Å². The van der Waals surface area contributed by atoms with E-state index in [4.69, 9.17) is 4.74 Å². The zero-order chi connectivity index (χ0) is 11.3. The van der Waals surface area contributed by atoms with E-state index in [2.05, 4.69) is 34.2 Å². The molecule has 1 aromatic rings. The number of ether oxygens (including phenoxy) is 1. The van der Waals surface area contributed by atoms with Gasteiger partial charge in [0, 0.05) is 4.47 Å². The van der Waals surface area contributed by atoms with Gasteiger partial charge in [0.05, 0.1) is 7.11 Å². The van der Waals surface area contributed by atoms with Gasteiger partial charge in [-0.1, -0.05) is 22.9 Å². The Kier molecular flexibility index (Phi) is 5.12. The second-order valence-corrected chi connectivity index (χ2v) is 4.60. The second-order valence-electron chi connectivity index (χ2n) is 3.68. The summed E-state index contributed by atoms with van der Waals surface area (Å²) in [5, 5.41) is 3.17. The molecule has 0 saturated carbocycles. The van der Waals surface area contributed by atoms with Gasteiger partial charge in [-0.25, -0.2) is 0 Å². The third-order valence-corrected chi connectivity index (χ3v) is 3.04. The predicted octanol–water partition coefficient (Wildman–Crippen LogP) is 3.17. The number of nitrogens with one attached hydrogen (secondary N) is 1. The van der Waals surface area contributed by atoms with E-state index in [-0.39, 0.29) is 0 Å². The molecule has 1 N–H and O–H groups in total. The van der Waals surface area contributed by atoms with E-state index >= 15 is 0 Å². The first-order valence-electron chi connectivity index (χ1n) is 5.17. The van der Waals surface area contributed by atoms with Crippen LogP contribution in [-0.2, 0) is 0 Å². The van der Waals surface area contributed by atoms with Crippen LogP contribution in [0.5, 0.6) is 5.75 Å². The topological polar surface area (TPSA) is 21.3 Å². The fraction of sp³-hybridized carbons (Fsp3) is 0.500. The first kappa shape index (κ1) is 12.5. The summed E-state index contributed by atoms with van der Waals surface area (Å²) in [7, 11) is 3.70. The van der Waals surface area contributed by atoms with Crippen molar-refractivity contribution in [2.45, 2.75) is 19.3 Å². The lowest BCUT2D eigenvalue weighted by atomic mass is 9.97. The summed E-state index contributed by atoms with van der Waals surface area (Å²) in [6.07, 6.45) is 1.11. The second kappa shape index (κ2) is 6.13. The molecular formula is C12H18BrNO. The van der Waals surface area contributed by atoms with E-state index in [9.17, 15) is 0 Å². The number of rotatable bonds is 5. The first-order chi connectivity index (χ1) is 7.19. The molecule has 0 heterocycles. The number of hydrogen-bond acceptors (Lipinski definition) is 2. The maximum absolute atomic E-state index is 5.36. The molecule has 1 unspecified atom stereocenters. The molecule has 0 radical (unpaired) electrons. The highest BCUT2D eigenvalue weighted by Crippen LogP contribution is 2.31. The van der Waals surface area contributed by atoms with Crippen molar-refractivity contribution in [2.24, 2.45) is 0 Å². The van der Waals surface area contributed by atoms with E-state index in [1.54, 1.807) is 7.11 Å². The maximum Gasteiger partial charge on any atom is 0.122 e. The highest BCUT2D eigenvalue weighted by Gasteiger charge is 2.11. The van der Waals surface area contributed by atoms with Gasteiger partial charge in [-0.05, 0) is 49.7 Å². The average Bonchev–Trinajstić information content (AvgIpc) is 2.25. The SMILES string of the molecule is CNCCC(C)c1cc(Br)ccc1OC. The standard InChI is InChI=1S/C12H18BrNO/c1-9(6-7-14-2)11-8-10(13)4-5-12(11)15-3/h4-5,8-9,14H,6-7H2,1-3H3. The van der Waals surface area contributed by atoms with Gasteiger partial charge >= 0.3 is 0 Å². The van der Waals surface area contributed by atoms with Crippen molar-refractivity contribution in [3.63, 3.8) is 0 Å². The summed E-state index contributed by atoms with van der Waals surface area (Å²) < 4.78 is 6.47. The summed E-state index contributed by atoms with van der Waals surface area (Å²) in [5.41, 5.74) is 1.27. The molecule has 0 spiro atoms. The first-order valence-corrected chi connectivity index (χ1v) is 5.96. The zero-order valence-electron chi connectivity index (χ0n) is 9.51. The van der Waals surface area contributed by atoms with Crippen molar-refractivity contribution in [2.75, 3.05) is 20.7 Å². The molecule has 1 aromatic carbocycles. The molecule has 1 atom stereocenters. The van der Waals surface area contributed by atoms with Gasteiger partial charge in [-0.15, -0.1) is 0 Å². The Morgan fingerprint density at radius 3 is 2.80 bits per heavy atom. The van der Waals surface area contributed by atoms with Crippen molar-refractivity contribution in [1.82, 2.24) is 5.32 Å². The third kappa shape index (κ3) is 3.50. The van der Waals surface area contributed by atoms with E-state index in [0.717, 1.165) is 23.2 Å². The molecule has 0 saturated heterocycles. The number of hydrogen-bond donors (Lipinski definition) is 1. The van der Waals surface area contributed by atoms with Crippen molar-refractivity contribution in [3.8, 4) is 5.75 Å². The molecule has 0 fully saturated rings. The molecule has 0 aliphatic heterocycles. The van der Waals surface area contributed by atoms with Crippen molar-refractivity contribution in [3.05, 3.63) is 28.2 Å². The normalized spacial score (nSPS) is 12.5. The quantitative estimate of drug-likeness (QED) is 0.889. The molecular weight excluding hydrogens is 254 g/mol. The zero-order valence-corrected chi connectivity index (χ0v) is 11.1. The smallest absolute Gasteiger partial charge is 0.122 e. The minimum atomic E-state index is 0.505. The van der Waals surface area contributed by atoms with E-state index in [0.29, 0.717) is 5.92 Å². The predicted molar refractivity (Wildman–Crippen MR) is 67.7 cm³/mol. The van der Waals surface area contributed by atoms with Crippen LogP contribution in [0.4, 0.5) is 0 Å². The van der Waals surface area contributed by atoms with Gasteiger partial charge in [0.2, 0.25) is 0 Å². The molecule has 84 valence electrons. The van der Waals surface area contributed by atoms with Crippen molar-refractivity contribution in [1.29, 1.82) is 0 Å². The molecule has 0 amide bonds. The van der Waals surface area contributed by atoms with Gasteiger partial charge in [-0.2, -0.15) is 0 Å². The van der Waals surface area contributed by atoms with Crippen LogP contribution < -0.4 is 10.1 Å². The molecule has 0 bridgehead atoms. The Morgan fingerprint density at radius 1 is 1.47 bits per heavy atom. The van der Waals surface area contributed by atoms with Crippen LogP contribution in [-0.4, -0.2) is 20.7 Å². The maximum atomic E-state index is 5.36. The summed E-state index contributed by atoms with van der Waals surface area (Å²) in [6.45, 7) is 3.25. The van der Waals surface area contributed by atoms with Gasteiger partial charge < -0.3 is 10.1 Å². The number of halogens is 1. The fourth-order valence-corrected chi connectivity index (χ4v) is 1.99. The van der Waals surface area contributed by atoms with Crippen LogP contribution in [0, 0.1) is 0 Å². The number of benzene rings is 1. The fourth-order valence-electron chi connectivity index (χ4n) is 1.61. The summed E-state index contributed by atoms with van der Waals surface area (Å²) >= 11 is 3.49. The Bertz CT molecular complexity index is 314. The van der Waals surface area contributed by atoms with Crippen LogP contribution in [0.1, 0.15) is 24.8 Å². The van der Waals surface area contributed by atoms with Gasteiger partial charge in [0.15, 0.2) is 0 Å². The lowest BCUT2D eigenvalue weighted by molar-refractivity contribution is 0.405. The average molecular weight is 272 g/mol. The molecule has 15 heavy (non-hydrogen) atoms. The van der Waals surface area contributed by atoms with E-state index in [1.165, 1.54) is 5.56 Å². The van der Waals surface area contributed by atoms with Gasteiger partial charge in [-0.3, -0.25) is 0 Å². The molecule has 1 rings (SSSR count). The highest BCUT2D eigenvalue weighted by molar-refractivity contribution is 9.10. The Morgan fingerprint density at radius 2 is 2.20 bits per heavy atom. The lowest BCUT2D eigenvalue weighted by Gasteiger charge is -2.15. The molecule has 0 aromatic heterocycles. The highest BCUT2D eigenvalue weighted by atomic mass is 79.9. The molecule has 0 aliphatic rings. The van der Waals surface area contributed by atoms with E-state index in [1.807, 2.05) is 19.2 Å². The minimum Gasteiger partial charge on any atom is -0.496 e. The Hall–Kier alpha value is -0.540. The Labute approximate surface area is 100 Å². The van der Waals surface area contributed by atoms with Crippen LogP contribution in [0.2, 0.25) is 0 Å². The van der Waals surface area contributed by atoms with Crippen LogP contribution in [0.25, 0.3) is 0 Å². The lowest BCUT2D eigenvalue weighted by Crippen LogP contribution is -2.11. The van der Waals surface area contributed by atoms with Crippen LogP contribution >= 0.6 is 15.9 Å². The van der Waals surface area contributed by atoms with Gasteiger partial charge in [0.25, 0.3) is 0 Å². The molecule has 0 aliphatic carbocycles. The monoisotopic (exact) mass is 271 g/mol. The minimum absolute atomic E-state index is 0.505.